The highest BCUT2D eigenvalue weighted by atomic mass is 32.2. The molecule has 3 aromatic carbocycles. The van der Waals surface area contributed by atoms with Crippen molar-refractivity contribution in [1.29, 1.82) is 0 Å². The summed E-state index contributed by atoms with van der Waals surface area (Å²) in [4.78, 5) is 15.5. The maximum absolute atomic E-state index is 13.3. The van der Waals surface area contributed by atoms with Crippen molar-refractivity contribution < 1.29 is 9.53 Å². The number of hydrogen-bond acceptors (Lipinski definition) is 6. The maximum atomic E-state index is 13.3. The van der Waals surface area contributed by atoms with Crippen molar-refractivity contribution in [3.63, 3.8) is 0 Å². The van der Waals surface area contributed by atoms with Gasteiger partial charge in [0.05, 0.1) is 25.0 Å². The Labute approximate surface area is 215 Å². The molecule has 0 bridgehead atoms. The number of nitrogens with zero attached hydrogens (tertiary/aromatic N) is 4. The summed E-state index contributed by atoms with van der Waals surface area (Å²) in [7, 11) is 0. The van der Waals surface area contributed by atoms with Crippen LogP contribution in [-0.2, 0) is 16.1 Å². The fourth-order valence-electron chi connectivity index (χ4n) is 4.18. The van der Waals surface area contributed by atoms with Crippen molar-refractivity contribution in [3.05, 3.63) is 90.5 Å². The van der Waals surface area contributed by atoms with Crippen LogP contribution in [0.2, 0.25) is 0 Å². The van der Waals surface area contributed by atoms with E-state index >= 15 is 0 Å². The molecule has 0 saturated carbocycles. The highest BCUT2D eigenvalue weighted by Gasteiger charge is 2.24. The van der Waals surface area contributed by atoms with Crippen LogP contribution in [0.1, 0.15) is 12.5 Å². The first-order valence-corrected chi connectivity index (χ1v) is 13.0. The van der Waals surface area contributed by atoms with Crippen LogP contribution < -0.4 is 10.2 Å². The first-order chi connectivity index (χ1) is 17.7. The highest BCUT2D eigenvalue weighted by Crippen LogP contribution is 2.30. The highest BCUT2D eigenvalue weighted by molar-refractivity contribution is 8.00. The van der Waals surface area contributed by atoms with Gasteiger partial charge in [-0.2, -0.15) is 0 Å². The number of para-hydroxylation sites is 1. The van der Waals surface area contributed by atoms with E-state index < -0.39 is 0 Å². The Morgan fingerprint density at radius 2 is 1.61 bits per heavy atom. The van der Waals surface area contributed by atoms with E-state index in [-0.39, 0.29) is 11.2 Å². The van der Waals surface area contributed by atoms with Crippen molar-refractivity contribution in [2.24, 2.45) is 0 Å². The van der Waals surface area contributed by atoms with Gasteiger partial charge >= 0.3 is 0 Å². The molecule has 0 aliphatic carbocycles. The number of anilines is 2. The average molecular weight is 500 g/mol. The summed E-state index contributed by atoms with van der Waals surface area (Å²) in [6.45, 7) is 5.41. The molecule has 7 nitrogen and oxygen atoms in total. The third-order valence-corrected chi connectivity index (χ3v) is 7.18. The summed E-state index contributed by atoms with van der Waals surface area (Å²) in [5, 5.41) is 12.5. The van der Waals surface area contributed by atoms with Gasteiger partial charge in [-0.1, -0.05) is 90.6 Å². The minimum absolute atomic E-state index is 0.0782. The number of morpholine rings is 1. The molecule has 1 fully saturated rings. The van der Waals surface area contributed by atoms with E-state index in [4.69, 9.17) is 4.74 Å². The van der Waals surface area contributed by atoms with E-state index in [1.54, 1.807) is 0 Å². The Kier molecular flexibility index (Phi) is 7.64. The zero-order valence-corrected chi connectivity index (χ0v) is 21.0. The SMILES string of the molecule is CC(Sc1nnc(N2CCOCC2)n1Cc1ccccc1)C(=O)Nc1ccccc1-c1ccccc1. The second-order valence-corrected chi connectivity index (χ2v) is 9.92. The lowest BCUT2D eigenvalue weighted by Gasteiger charge is -2.28. The number of thioether (sulfide) groups is 1. The fraction of sp³-hybridized carbons (Fsp3) is 0.250. The Hall–Kier alpha value is -3.62. The van der Waals surface area contributed by atoms with Crippen LogP contribution in [-0.4, -0.2) is 52.2 Å². The summed E-state index contributed by atoms with van der Waals surface area (Å²) < 4.78 is 7.63. The fourth-order valence-corrected chi connectivity index (χ4v) is 5.02. The maximum Gasteiger partial charge on any atom is 0.237 e. The van der Waals surface area contributed by atoms with Crippen LogP contribution in [0, 0.1) is 0 Å². The molecular formula is C28H29N5O2S. The molecule has 0 spiro atoms. The smallest absolute Gasteiger partial charge is 0.237 e. The van der Waals surface area contributed by atoms with E-state index in [0.717, 1.165) is 46.6 Å². The van der Waals surface area contributed by atoms with Crippen molar-refractivity contribution in [1.82, 2.24) is 14.8 Å². The summed E-state index contributed by atoms with van der Waals surface area (Å²) in [6, 6.07) is 28.2. The molecule has 1 amide bonds. The van der Waals surface area contributed by atoms with E-state index in [0.29, 0.717) is 19.8 Å². The normalized spacial score (nSPS) is 14.4. The molecule has 4 aromatic rings. The molecule has 2 heterocycles. The standard InChI is InChI=1S/C28H29N5O2S/c1-21(26(34)29-25-15-9-8-14-24(25)23-12-6-3-7-13-23)36-28-31-30-27(32-16-18-35-19-17-32)33(28)20-22-10-4-2-5-11-22/h2-15,21H,16-20H2,1H3,(H,29,34). The number of ether oxygens (including phenoxy) is 1. The van der Waals surface area contributed by atoms with Crippen LogP contribution in [0.3, 0.4) is 0 Å². The van der Waals surface area contributed by atoms with Crippen molar-refractivity contribution in [2.75, 3.05) is 36.5 Å². The number of rotatable bonds is 8. The molecular weight excluding hydrogens is 470 g/mol. The van der Waals surface area contributed by atoms with Gasteiger partial charge in [0.15, 0.2) is 5.16 Å². The molecule has 1 atom stereocenters. The quantitative estimate of drug-likeness (QED) is 0.346. The molecule has 1 aliphatic rings. The zero-order chi connectivity index (χ0) is 24.7. The zero-order valence-electron chi connectivity index (χ0n) is 20.2. The van der Waals surface area contributed by atoms with Gasteiger partial charge in [0.1, 0.15) is 0 Å². The Bertz CT molecular complexity index is 1290. The lowest BCUT2D eigenvalue weighted by atomic mass is 10.0. The second kappa shape index (κ2) is 11.4. The van der Waals surface area contributed by atoms with Crippen LogP contribution in [0.25, 0.3) is 11.1 Å². The number of nitrogens with one attached hydrogen (secondary N) is 1. The first-order valence-electron chi connectivity index (χ1n) is 12.1. The van der Waals surface area contributed by atoms with Gasteiger partial charge in [0, 0.05) is 24.3 Å². The molecule has 1 aromatic heterocycles. The van der Waals surface area contributed by atoms with Crippen LogP contribution in [0.15, 0.2) is 90.1 Å². The Morgan fingerprint density at radius 3 is 2.36 bits per heavy atom. The van der Waals surface area contributed by atoms with Crippen LogP contribution in [0.5, 0.6) is 0 Å². The lowest BCUT2D eigenvalue weighted by molar-refractivity contribution is -0.115. The number of benzene rings is 3. The first kappa shape index (κ1) is 24.1. The number of aromatic nitrogens is 3. The molecule has 0 radical (unpaired) electrons. The second-order valence-electron chi connectivity index (χ2n) is 8.61. The molecule has 5 rings (SSSR count). The van der Waals surface area contributed by atoms with Gasteiger partial charge in [0.25, 0.3) is 0 Å². The van der Waals surface area contributed by atoms with Crippen molar-refractivity contribution in [3.8, 4) is 11.1 Å². The Balaban J connectivity index is 1.36. The monoisotopic (exact) mass is 499 g/mol. The summed E-state index contributed by atoms with van der Waals surface area (Å²) in [6.07, 6.45) is 0. The van der Waals surface area contributed by atoms with Crippen LogP contribution in [0.4, 0.5) is 11.6 Å². The van der Waals surface area contributed by atoms with E-state index in [1.165, 1.54) is 11.8 Å². The third-order valence-electron chi connectivity index (χ3n) is 6.10. The number of carbonyl (C=O) groups excluding carboxylic acids is 1. The van der Waals surface area contributed by atoms with E-state index in [1.807, 2.05) is 79.7 Å². The topological polar surface area (TPSA) is 72.3 Å². The molecule has 1 aliphatic heterocycles. The number of carbonyl (C=O) groups is 1. The van der Waals surface area contributed by atoms with Gasteiger partial charge < -0.3 is 15.0 Å². The van der Waals surface area contributed by atoms with Crippen LogP contribution >= 0.6 is 11.8 Å². The molecule has 8 heteroatoms. The van der Waals surface area contributed by atoms with Gasteiger partial charge in [-0.25, -0.2) is 0 Å². The third kappa shape index (κ3) is 5.61. The summed E-state index contributed by atoms with van der Waals surface area (Å²) >= 11 is 1.42. The van der Waals surface area contributed by atoms with Gasteiger partial charge in [0.2, 0.25) is 11.9 Å². The molecule has 36 heavy (non-hydrogen) atoms. The predicted molar refractivity (Wildman–Crippen MR) is 144 cm³/mol. The minimum Gasteiger partial charge on any atom is -0.378 e. The van der Waals surface area contributed by atoms with Gasteiger partial charge in [-0.3, -0.25) is 9.36 Å². The molecule has 1 unspecified atom stereocenters. The van der Waals surface area contributed by atoms with Crippen molar-refractivity contribution >= 4 is 29.3 Å². The van der Waals surface area contributed by atoms with Gasteiger partial charge in [-0.15, -0.1) is 10.2 Å². The summed E-state index contributed by atoms with van der Waals surface area (Å²) in [5.41, 5.74) is 4.00. The number of hydrogen-bond donors (Lipinski definition) is 1. The Morgan fingerprint density at radius 1 is 0.944 bits per heavy atom. The molecule has 1 N–H and O–H groups in total. The van der Waals surface area contributed by atoms with E-state index in [9.17, 15) is 4.79 Å². The summed E-state index contributed by atoms with van der Waals surface area (Å²) in [5.74, 6) is 0.734. The number of amides is 1. The minimum atomic E-state index is -0.370. The van der Waals surface area contributed by atoms with Crippen molar-refractivity contribution in [2.45, 2.75) is 23.9 Å². The van der Waals surface area contributed by atoms with E-state index in [2.05, 4.69) is 37.1 Å². The average Bonchev–Trinajstić information content (AvgIpc) is 3.32. The molecule has 184 valence electrons. The molecule has 1 saturated heterocycles. The predicted octanol–water partition coefficient (Wildman–Crippen LogP) is 4.95. The largest absolute Gasteiger partial charge is 0.378 e. The van der Waals surface area contributed by atoms with Gasteiger partial charge in [-0.05, 0) is 24.1 Å². The lowest BCUT2D eigenvalue weighted by Crippen LogP contribution is -2.38.